The van der Waals surface area contributed by atoms with Crippen molar-refractivity contribution >= 4 is 23.9 Å². The zero-order valence-corrected chi connectivity index (χ0v) is 12.4. The maximum atomic E-state index is 13.3. The van der Waals surface area contributed by atoms with Crippen LogP contribution in [0.4, 0.5) is 4.39 Å². The Kier molecular flexibility index (Phi) is 4.40. The first-order valence-corrected chi connectivity index (χ1v) is 7.97. The summed E-state index contributed by atoms with van der Waals surface area (Å²) < 4.78 is 13.3. The van der Waals surface area contributed by atoms with E-state index in [1.54, 1.807) is 17.4 Å². The van der Waals surface area contributed by atoms with E-state index < -0.39 is 12.9 Å². The van der Waals surface area contributed by atoms with Crippen LogP contribution >= 0.6 is 11.3 Å². The fourth-order valence-electron chi connectivity index (χ4n) is 2.54. The second-order valence-corrected chi connectivity index (χ2v) is 6.26. The van der Waals surface area contributed by atoms with Gasteiger partial charge >= 0.3 is 7.12 Å². The van der Waals surface area contributed by atoms with Gasteiger partial charge in [-0.2, -0.15) is 11.3 Å². The summed E-state index contributed by atoms with van der Waals surface area (Å²) in [7, 11) is -1.64. The molecule has 1 aliphatic carbocycles. The molecule has 0 aliphatic heterocycles. The molecule has 3 nitrogen and oxygen atoms in total. The predicted molar refractivity (Wildman–Crippen MR) is 82.8 cm³/mol. The van der Waals surface area contributed by atoms with Crippen LogP contribution in [-0.2, 0) is 13.1 Å². The van der Waals surface area contributed by atoms with Gasteiger partial charge in [0.05, 0.1) is 0 Å². The fourth-order valence-corrected chi connectivity index (χ4v) is 3.20. The summed E-state index contributed by atoms with van der Waals surface area (Å²) in [6.07, 6.45) is 2.34. The highest BCUT2D eigenvalue weighted by Crippen LogP contribution is 2.30. The summed E-state index contributed by atoms with van der Waals surface area (Å²) in [6, 6.07) is 6.87. The molecule has 0 radical (unpaired) electrons. The number of thiophene rings is 1. The first-order valence-electron chi connectivity index (χ1n) is 7.03. The van der Waals surface area contributed by atoms with Gasteiger partial charge in [-0.1, -0.05) is 6.07 Å². The summed E-state index contributed by atoms with van der Waals surface area (Å²) >= 11 is 1.67. The average Bonchev–Trinajstić information content (AvgIpc) is 3.18. The Labute approximate surface area is 127 Å². The Morgan fingerprint density at radius 1 is 1.24 bits per heavy atom. The van der Waals surface area contributed by atoms with Crippen molar-refractivity contribution in [3.63, 3.8) is 0 Å². The van der Waals surface area contributed by atoms with Gasteiger partial charge in [0.1, 0.15) is 5.82 Å². The minimum absolute atomic E-state index is 0.256. The Morgan fingerprint density at radius 2 is 2.05 bits per heavy atom. The fraction of sp³-hybridized carbons (Fsp3) is 0.333. The maximum absolute atomic E-state index is 13.3. The average molecular weight is 305 g/mol. The summed E-state index contributed by atoms with van der Waals surface area (Å²) in [6.45, 7) is 1.44. The SMILES string of the molecule is OB(O)c1cc(F)ccc1CN(Cc1ccsc1)C1CC1. The molecule has 0 amide bonds. The second-order valence-electron chi connectivity index (χ2n) is 5.48. The summed E-state index contributed by atoms with van der Waals surface area (Å²) in [5, 5.41) is 23.0. The first kappa shape index (κ1) is 14.7. The molecule has 0 saturated heterocycles. The molecular formula is C15H17BFNO2S. The number of halogens is 1. The lowest BCUT2D eigenvalue weighted by Crippen LogP contribution is -2.36. The third-order valence-electron chi connectivity index (χ3n) is 3.79. The molecule has 0 unspecified atom stereocenters. The zero-order valence-electron chi connectivity index (χ0n) is 11.6. The van der Waals surface area contributed by atoms with Crippen molar-refractivity contribution in [2.75, 3.05) is 0 Å². The summed E-state index contributed by atoms with van der Waals surface area (Å²) in [5.41, 5.74) is 2.29. The van der Waals surface area contributed by atoms with Gasteiger partial charge in [-0.15, -0.1) is 0 Å². The molecule has 1 heterocycles. The van der Waals surface area contributed by atoms with Crippen LogP contribution in [0.25, 0.3) is 0 Å². The lowest BCUT2D eigenvalue weighted by molar-refractivity contribution is 0.246. The van der Waals surface area contributed by atoms with E-state index in [-0.39, 0.29) is 5.46 Å². The molecule has 21 heavy (non-hydrogen) atoms. The Hall–Kier alpha value is -1.21. The van der Waals surface area contributed by atoms with E-state index in [9.17, 15) is 14.4 Å². The van der Waals surface area contributed by atoms with Crippen LogP contribution in [0.2, 0.25) is 0 Å². The van der Waals surface area contributed by atoms with Gasteiger partial charge in [0, 0.05) is 19.1 Å². The quantitative estimate of drug-likeness (QED) is 0.799. The largest absolute Gasteiger partial charge is 0.488 e. The van der Waals surface area contributed by atoms with Crippen LogP contribution in [0.15, 0.2) is 35.0 Å². The molecular weight excluding hydrogens is 288 g/mol. The lowest BCUT2D eigenvalue weighted by atomic mass is 9.77. The predicted octanol–water partition coefficient (Wildman–Crippen LogP) is 1.73. The number of rotatable bonds is 6. The minimum Gasteiger partial charge on any atom is -0.423 e. The van der Waals surface area contributed by atoms with Crippen LogP contribution in [-0.4, -0.2) is 28.1 Å². The van der Waals surface area contributed by atoms with E-state index in [1.165, 1.54) is 30.5 Å². The first-order chi connectivity index (χ1) is 10.1. The molecule has 0 spiro atoms. The Bertz CT molecular complexity index is 602. The molecule has 110 valence electrons. The molecule has 6 heteroatoms. The van der Waals surface area contributed by atoms with Crippen molar-refractivity contribution in [1.29, 1.82) is 0 Å². The van der Waals surface area contributed by atoms with Gasteiger partial charge in [-0.25, -0.2) is 4.39 Å². The highest BCUT2D eigenvalue weighted by Gasteiger charge is 2.30. The van der Waals surface area contributed by atoms with Crippen molar-refractivity contribution in [3.8, 4) is 0 Å². The van der Waals surface area contributed by atoms with Crippen LogP contribution < -0.4 is 5.46 Å². The van der Waals surface area contributed by atoms with Crippen molar-refractivity contribution in [2.24, 2.45) is 0 Å². The van der Waals surface area contributed by atoms with Crippen LogP contribution in [0.3, 0.4) is 0 Å². The molecule has 0 bridgehead atoms. The number of benzene rings is 1. The van der Waals surface area contributed by atoms with Crippen LogP contribution in [0.5, 0.6) is 0 Å². The standard InChI is InChI=1S/C15H17BFNO2S/c17-13-2-1-12(15(7-13)16(19)20)9-18(14-3-4-14)8-11-5-6-21-10-11/h1-2,5-7,10,14,19-20H,3-4,8-9H2. The van der Waals surface area contributed by atoms with Crippen molar-refractivity contribution < 1.29 is 14.4 Å². The summed E-state index contributed by atoms with van der Waals surface area (Å²) in [4.78, 5) is 2.32. The molecule has 0 atom stereocenters. The van der Waals surface area contributed by atoms with Crippen LogP contribution in [0, 0.1) is 5.82 Å². The summed E-state index contributed by atoms with van der Waals surface area (Å²) in [5.74, 6) is -0.447. The molecule has 2 N–H and O–H groups in total. The van der Waals surface area contributed by atoms with Crippen molar-refractivity contribution in [2.45, 2.75) is 32.0 Å². The smallest absolute Gasteiger partial charge is 0.423 e. The maximum Gasteiger partial charge on any atom is 0.488 e. The second kappa shape index (κ2) is 6.28. The van der Waals surface area contributed by atoms with E-state index in [0.29, 0.717) is 12.6 Å². The van der Waals surface area contributed by atoms with E-state index in [4.69, 9.17) is 0 Å². The molecule has 2 aromatic rings. The molecule has 1 aromatic carbocycles. The normalized spacial score (nSPS) is 14.7. The van der Waals surface area contributed by atoms with E-state index in [1.807, 2.05) is 0 Å². The van der Waals surface area contributed by atoms with Crippen LogP contribution in [0.1, 0.15) is 24.0 Å². The zero-order chi connectivity index (χ0) is 14.8. The minimum atomic E-state index is -1.64. The van der Waals surface area contributed by atoms with E-state index in [0.717, 1.165) is 12.1 Å². The van der Waals surface area contributed by atoms with Crippen molar-refractivity contribution in [3.05, 3.63) is 52.0 Å². The lowest BCUT2D eigenvalue weighted by Gasteiger charge is -2.23. The highest BCUT2D eigenvalue weighted by atomic mass is 32.1. The molecule has 1 saturated carbocycles. The number of hydrogen-bond donors (Lipinski definition) is 2. The molecule has 1 fully saturated rings. The van der Waals surface area contributed by atoms with E-state index >= 15 is 0 Å². The highest BCUT2D eigenvalue weighted by molar-refractivity contribution is 7.07. The number of nitrogens with zero attached hydrogens (tertiary/aromatic N) is 1. The van der Waals surface area contributed by atoms with Gasteiger partial charge in [-0.3, -0.25) is 4.90 Å². The molecule has 3 rings (SSSR count). The Balaban J connectivity index is 1.79. The van der Waals surface area contributed by atoms with Gasteiger partial charge in [-0.05, 0) is 58.4 Å². The molecule has 1 aliphatic rings. The van der Waals surface area contributed by atoms with E-state index in [2.05, 4.69) is 21.7 Å². The van der Waals surface area contributed by atoms with Gasteiger partial charge in [0.2, 0.25) is 0 Å². The van der Waals surface area contributed by atoms with Gasteiger partial charge in [0.15, 0.2) is 0 Å². The third kappa shape index (κ3) is 3.71. The van der Waals surface area contributed by atoms with Gasteiger partial charge in [0.25, 0.3) is 0 Å². The topological polar surface area (TPSA) is 43.7 Å². The monoisotopic (exact) mass is 305 g/mol. The Morgan fingerprint density at radius 3 is 2.67 bits per heavy atom. The van der Waals surface area contributed by atoms with Gasteiger partial charge < -0.3 is 10.0 Å². The number of hydrogen-bond acceptors (Lipinski definition) is 4. The molecule has 1 aromatic heterocycles. The van der Waals surface area contributed by atoms with Crippen molar-refractivity contribution in [1.82, 2.24) is 4.90 Å². The third-order valence-corrected chi connectivity index (χ3v) is 4.52.